The number of nitrogens with one attached hydrogen (secondary N) is 1. The van der Waals surface area contributed by atoms with Crippen LogP contribution in [-0.4, -0.2) is 10.9 Å². The molecule has 0 fully saturated rings. The predicted molar refractivity (Wildman–Crippen MR) is 80.8 cm³/mol. The Hall–Kier alpha value is -2.75. The number of carbonyl (C=O) groups excluding carboxylic acids is 1. The highest BCUT2D eigenvalue weighted by atomic mass is 19.1. The number of benzene rings is 2. The molecule has 0 unspecified atom stereocenters. The zero-order valence-corrected chi connectivity index (χ0v) is 11.4. The second-order valence-corrected chi connectivity index (χ2v) is 4.80. The van der Waals surface area contributed by atoms with Crippen molar-refractivity contribution in [1.82, 2.24) is 4.98 Å². The lowest BCUT2D eigenvalue weighted by molar-refractivity contribution is 0.102. The first kappa shape index (κ1) is 13.2. The molecule has 3 nitrogen and oxygen atoms in total. The smallest absolute Gasteiger partial charge is 0.274 e. The largest absolute Gasteiger partial charge is 0.320 e. The summed E-state index contributed by atoms with van der Waals surface area (Å²) in [7, 11) is 0. The standard InChI is InChI=1S/C17H13FN2O/c1-11-4-2-3-5-14(11)20-17(21)16-8-6-12-10-13(18)7-9-15(12)19-16/h2-10H,1H3,(H,20,21). The third-order valence-corrected chi connectivity index (χ3v) is 3.28. The van der Waals surface area contributed by atoms with Crippen molar-refractivity contribution in [2.24, 2.45) is 0 Å². The zero-order valence-electron chi connectivity index (χ0n) is 11.4. The molecule has 0 atom stereocenters. The minimum atomic E-state index is -0.318. The molecule has 0 saturated heterocycles. The number of hydrogen-bond acceptors (Lipinski definition) is 2. The Kier molecular flexibility index (Phi) is 3.36. The number of anilines is 1. The van der Waals surface area contributed by atoms with Crippen molar-refractivity contribution in [2.75, 3.05) is 5.32 Å². The fourth-order valence-corrected chi connectivity index (χ4v) is 2.12. The molecule has 1 heterocycles. The summed E-state index contributed by atoms with van der Waals surface area (Å²) < 4.78 is 13.1. The van der Waals surface area contributed by atoms with E-state index in [0.29, 0.717) is 16.6 Å². The van der Waals surface area contributed by atoms with E-state index in [1.165, 1.54) is 12.1 Å². The van der Waals surface area contributed by atoms with Crippen LogP contribution in [0, 0.1) is 12.7 Å². The first-order valence-electron chi connectivity index (χ1n) is 6.57. The molecule has 3 aromatic rings. The molecule has 1 amide bonds. The first-order chi connectivity index (χ1) is 10.1. The molecule has 3 rings (SSSR count). The summed E-state index contributed by atoms with van der Waals surface area (Å²) in [5.74, 6) is -0.600. The number of carbonyl (C=O) groups is 1. The van der Waals surface area contributed by atoms with Gasteiger partial charge in [0.15, 0.2) is 0 Å². The lowest BCUT2D eigenvalue weighted by Gasteiger charge is -2.08. The number of hydrogen-bond donors (Lipinski definition) is 1. The normalized spacial score (nSPS) is 10.6. The molecule has 0 aliphatic rings. The number of nitrogens with zero attached hydrogens (tertiary/aromatic N) is 1. The van der Waals surface area contributed by atoms with E-state index in [4.69, 9.17) is 0 Å². The van der Waals surface area contributed by atoms with Crippen molar-refractivity contribution in [3.05, 3.63) is 71.7 Å². The van der Waals surface area contributed by atoms with Gasteiger partial charge in [0.2, 0.25) is 0 Å². The molecule has 104 valence electrons. The Bertz CT molecular complexity index is 830. The number of para-hydroxylation sites is 1. The van der Waals surface area contributed by atoms with Gasteiger partial charge in [-0.2, -0.15) is 0 Å². The summed E-state index contributed by atoms with van der Waals surface area (Å²) in [6.07, 6.45) is 0. The summed E-state index contributed by atoms with van der Waals surface area (Å²) in [4.78, 5) is 16.5. The lowest BCUT2D eigenvalue weighted by Crippen LogP contribution is -2.14. The maximum Gasteiger partial charge on any atom is 0.274 e. The van der Waals surface area contributed by atoms with E-state index in [1.807, 2.05) is 31.2 Å². The van der Waals surface area contributed by atoms with E-state index < -0.39 is 0 Å². The molecule has 0 bridgehead atoms. The average molecular weight is 280 g/mol. The van der Waals surface area contributed by atoms with Crippen molar-refractivity contribution in [1.29, 1.82) is 0 Å². The van der Waals surface area contributed by atoms with Gasteiger partial charge in [-0.1, -0.05) is 24.3 Å². The van der Waals surface area contributed by atoms with Crippen LogP contribution < -0.4 is 5.32 Å². The van der Waals surface area contributed by atoms with Crippen LogP contribution in [0.3, 0.4) is 0 Å². The third kappa shape index (κ3) is 2.74. The number of halogens is 1. The maximum atomic E-state index is 13.1. The Morgan fingerprint density at radius 2 is 1.90 bits per heavy atom. The molecule has 2 aromatic carbocycles. The molecular weight excluding hydrogens is 267 g/mol. The quantitative estimate of drug-likeness (QED) is 0.772. The van der Waals surface area contributed by atoms with Gasteiger partial charge in [-0.05, 0) is 42.8 Å². The molecule has 1 aromatic heterocycles. The number of pyridine rings is 1. The van der Waals surface area contributed by atoms with Crippen molar-refractivity contribution >= 4 is 22.5 Å². The predicted octanol–water partition coefficient (Wildman–Crippen LogP) is 3.93. The minimum absolute atomic E-state index is 0.282. The molecule has 21 heavy (non-hydrogen) atoms. The van der Waals surface area contributed by atoms with Gasteiger partial charge in [-0.3, -0.25) is 4.79 Å². The molecule has 0 aliphatic carbocycles. The van der Waals surface area contributed by atoms with Gasteiger partial charge in [0.05, 0.1) is 5.52 Å². The van der Waals surface area contributed by atoms with Crippen LogP contribution in [0.1, 0.15) is 16.1 Å². The molecule has 0 saturated carbocycles. The summed E-state index contributed by atoms with van der Waals surface area (Å²) in [6, 6.07) is 15.1. The molecular formula is C17H13FN2O. The van der Waals surface area contributed by atoms with Crippen LogP contribution in [0.4, 0.5) is 10.1 Å². The fraction of sp³-hybridized carbons (Fsp3) is 0.0588. The number of rotatable bonds is 2. The van der Waals surface area contributed by atoms with E-state index in [-0.39, 0.29) is 11.7 Å². The SMILES string of the molecule is Cc1ccccc1NC(=O)c1ccc2cc(F)ccc2n1. The summed E-state index contributed by atoms with van der Waals surface area (Å²) in [5.41, 5.74) is 2.63. The maximum absolute atomic E-state index is 13.1. The average Bonchev–Trinajstić information content (AvgIpc) is 2.49. The van der Waals surface area contributed by atoms with Gasteiger partial charge in [-0.15, -0.1) is 0 Å². The molecule has 0 aliphatic heterocycles. The van der Waals surface area contributed by atoms with E-state index >= 15 is 0 Å². The zero-order chi connectivity index (χ0) is 14.8. The van der Waals surface area contributed by atoms with Crippen molar-refractivity contribution in [3.8, 4) is 0 Å². The van der Waals surface area contributed by atoms with Gasteiger partial charge in [0.1, 0.15) is 11.5 Å². The highest BCUT2D eigenvalue weighted by molar-refractivity contribution is 6.04. The topological polar surface area (TPSA) is 42.0 Å². The van der Waals surface area contributed by atoms with Crippen LogP contribution in [0.2, 0.25) is 0 Å². The highest BCUT2D eigenvalue weighted by Crippen LogP contribution is 2.17. The van der Waals surface area contributed by atoms with Gasteiger partial charge < -0.3 is 5.32 Å². The van der Waals surface area contributed by atoms with Gasteiger partial charge in [0, 0.05) is 11.1 Å². The van der Waals surface area contributed by atoms with Gasteiger partial charge in [0.25, 0.3) is 5.91 Å². The van der Waals surface area contributed by atoms with Gasteiger partial charge in [-0.25, -0.2) is 9.37 Å². The van der Waals surface area contributed by atoms with Crippen molar-refractivity contribution in [2.45, 2.75) is 6.92 Å². The lowest BCUT2D eigenvalue weighted by atomic mass is 10.1. The van der Waals surface area contributed by atoms with Gasteiger partial charge >= 0.3 is 0 Å². The van der Waals surface area contributed by atoms with Crippen LogP contribution >= 0.6 is 0 Å². The molecule has 1 N–H and O–H groups in total. The van der Waals surface area contributed by atoms with Crippen LogP contribution in [-0.2, 0) is 0 Å². The number of amides is 1. The summed E-state index contributed by atoms with van der Waals surface area (Å²) in [5, 5.41) is 3.50. The Labute approximate surface area is 121 Å². The number of aromatic nitrogens is 1. The monoisotopic (exact) mass is 280 g/mol. The van der Waals surface area contributed by atoms with Crippen molar-refractivity contribution < 1.29 is 9.18 Å². The molecule has 0 radical (unpaired) electrons. The van der Waals surface area contributed by atoms with E-state index in [0.717, 1.165) is 11.3 Å². The van der Waals surface area contributed by atoms with E-state index in [2.05, 4.69) is 10.3 Å². The Morgan fingerprint density at radius 1 is 1.10 bits per heavy atom. The Balaban J connectivity index is 1.91. The fourth-order valence-electron chi connectivity index (χ4n) is 2.12. The second kappa shape index (κ2) is 5.32. The van der Waals surface area contributed by atoms with Crippen LogP contribution in [0.15, 0.2) is 54.6 Å². The number of aryl methyl sites for hydroxylation is 1. The third-order valence-electron chi connectivity index (χ3n) is 3.28. The molecule has 4 heteroatoms. The van der Waals surface area contributed by atoms with E-state index in [1.54, 1.807) is 18.2 Å². The first-order valence-corrected chi connectivity index (χ1v) is 6.57. The summed E-state index contributed by atoms with van der Waals surface area (Å²) >= 11 is 0. The van der Waals surface area contributed by atoms with Crippen LogP contribution in [0.5, 0.6) is 0 Å². The number of fused-ring (bicyclic) bond motifs is 1. The van der Waals surface area contributed by atoms with Crippen LogP contribution in [0.25, 0.3) is 10.9 Å². The molecule has 0 spiro atoms. The second-order valence-electron chi connectivity index (χ2n) is 4.80. The minimum Gasteiger partial charge on any atom is -0.320 e. The van der Waals surface area contributed by atoms with Crippen molar-refractivity contribution in [3.63, 3.8) is 0 Å². The summed E-state index contributed by atoms with van der Waals surface area (Å²) in [6.45, 7) is 1.92. The van der Waals surface area contributed by atoms with E-state index in [9.17, 15) is 9.18 Å². The Morgan fingerprint density at radius 3 is 2.71 bits per heavy atom. The highest BCUT2D eigenvalue weighted by Gasteiger charge is 2.10.